The van der Waals surface area contributed by atoms with E-state index >= 15 is 0 Å². The third-order valence-electron chi connectivity index (χ3n) is 5.75. The normalized spacial score (nSPS) is 10.9. The van der Waals surface area contributed by atoms with Crippen LogP contribution >= 0.6 is 0 Å². The molecular formula is C28H25N7O2. The third-order valence-corrected chi connectivity index (χ3v) is 5.75. The Labute approximate surface area is 213 Å². The predicted molar refractivity (Wildman–Crippen MR) is 144 cm³/mol. The number of fused-ring (bicyclic) bond motifs is 1. The van der Waals surface area contributed by atoms with Gasteiger partial charge in [0.2, 0.25) is 11.8 Å². The molecule has 0 saturated carbocycles. The van der Waals surface area contributed by atoms with Gasteiger partial charge in [-0.1, -0.05) is 18.2 Å². The van der Waals surface area contributed by atoms with Crippen molar-refractivity contribution in [3.63, 3.8) is 0 Å². The molecule has 0 unspecified atom stereocenters. The lowest BCUT2D eigenvalue weighted by Crippen LogP contribution is -2.15. The van der Waals surface area contributed by atoms with Crippen LogP contribution in [0.15, 0.2) is 79.0 Å². The van der Waals surface area contributed by atoms with Crippen LogP contribution in [0.25, 0.3) is 28.2 Å². The van der Waals surface area contributed by atoms with Crippen molar-refractivity contribution in [2.75, 3.05) is 16.4 Å². The van der Waals surface area contributed by atoms with Crippen molar-refractivity contribution >= 4 is 40.2 Å². The Morgan fingerprint density at radius 1 is 0.919 bits per heavy atom. The number of aryl methyl sites for hydroxylation is 1. The molecule has 0 aliphatic rings. The number of hydrogen-bond donors (Lipinski definition) is 3. The molecule has 2 amide bonds. The van der Waals surface area contributed by atoms with Gasteiger partial charge < -0.3 is 16.4 Å². The van der Waals surface area contributed by atoms with E-state index in [0.29, 0.717) is 34.2 Å². The Hall–Kier alpha value is -5.05. The summed E-state index contributed by atoms with van der Waals surface area (Å²) in [7, 11) is 0. The van der Waals surface area contributed by atoms with E-state index in [1.165, 1.54) is 6.92 Å². The number of amides is 2. The molecule has 0 bridgehead atoms. The molecule has 0 atom stereocenters. The summed E-state index contributed by atoms with van der Waals surface area (Å²) < 4.78 is 1.95. The van der Waals surface area contributed by atoms with Gasteiger partial charge in [0.25, 0.3) is 0 Å². The summed E-state index contributed by atoms with van der Waals surface area (Å²) in [5.74, 6) is 0.686. The van der Waals surface area contributed by atoms with Crippen LogP contribution in [0.5, 0.6) is 0 Å². The first kappa shape index (κ1) is 23.7. The van der Waals surface area contributed by atoms with Gasteiger partial charge in [-0.15, -0.1) is 0 Å². The monoisotopic (exact) mass is 491 g/mol. The van der Waals surface area contributed by atoms with E-state index in [4.69, 9.17) is 15.7 Å². The molecule has 3 aromatic heterocycles. The molecule has 37 heavy (non-hydrogen) atoms. The Morgan fingerprint density at radius 3 is 2.41 bits per heavy atom. The summed E-state index contributed by atoms with van der Waals surface area (Å²) in [6.07, 6.45) is 1.83. The first-order chi connectivity index (χ1) is 17.9. The van der Waals surface area contributed by atoms with Gasteiger partial charge in [-0.25, -0.2) is 15.0 Å². The van der Waals surface area contributed by atoms with Crippen LogP contribution in [-0.2, 0) is 16.0 Å². The summed E-state index contributed by atoms with van der Waals surface area (Å²) in [5, 5.41) is 5.59. The van der Waals surface area contributed by atoms with Crippen molar-refractivity contribution in [3.8, 4) is 17.1 Å². The summed E-state index contributed by atoms with van der Waals surface area (Å²) in [6.45, 7) is 3.37. The molecule has 4 N–H and O–H groups in total. The zero-order valence-corrected chi connectivity index (χ0v) is 20.4. The van der Waals surface area contributed by atoms with Gasteiger partial charge in [0.1, 0.15) is 11.3 Å². The molecule has 5 aromatic rings. The molecule has 0 aliphatic heterocycles. The number of nitrogens with zero attached hydrogens (tertiary/aromatic N) is 4. The SMILES string of the molecule is CC(=O)Nc1cccc(NC(=O)Cc2ccc(-n3c(-c4cccnc4N)nc4ccc(C)nc43)cc2)c1. The highest BCUT2D eigenvalue weighted by Crippen LogP contribution is 2.30. The summed E-state index contributed by atoms with van der Waals surface area (Å²) in [6, 6.07) is 22.3. The van der Waals surface area contributed by atoms with Crippen molar-refractivity contribution in [3.05, 3.63) is 90.3 Å². The zero-order valence-electron chi connectivity index (χ0n) is 20.4. The minimum atomic E-state index is -0.172. The number of pyridine rings is 2. The van der Waals surface area contributed by atoms with Crippen molar-refractivity contribution in [1.82, 2.24) is 19.5 Å². The third kappa shape index (κ3) is 5.15. The Bertz CT molecular complexity index is 1620. The Kier molecular flexibility index (Phi) is 6.34. The maximum Gasteiger partial charge on any atom is 0.228 e. The quantitative estimate of drug-likeness (QED) is 0.321. The number of nitrogens with two attached hydrogens (primary N) is 1. The highest BCUT2D eigenvalue weighted by molar-refractivity contribution is 5.94. The van der Waals surface area contributed by atoms with Crippen LogP contribution in [0.2, 0.25) is 0 Å². The first-order valence-corrected chi connectivity index (χ1v) is 11.7. The van der Waals surface area contributed by atoms with Crippen molar-refractivity contribution in [2.24, 2.45) is 0 Å². The minimum absolute atomic E-state index is 0.165. The van der Waals surface area contributed by atoms with Gasteiger partial charge in [-0.2, -0.15) is 0 Å². The van der Waals surface area contributed by atoms with Gasteiger partial charge in [-0.3, -0.25) is 14.2 Å². The lowest BCUT2D eigenvalue weighted by molar-refractivity contribution is -0.115. The van der Waals surface area contributed by atoms with Gasteiger partial charge in [0, 0.05) is 35.9 Å². The Balaban J connectivity index is 1.41. The smallest absolute Gasteiger partial charge is 0.228 e. The van der Waals surface area contributed by atoms with Crippen molar-refractivity contribution in [2.45, 2.75) is 20.3 Å². The standard InChI is InChI=1S/C28H25N7O2/c1-17-8-13-24-28(31-17)35(27(34-24)23-7-4-14-30-26(23)29)22-11-9-19(10-12-22)15-25(37)33-21-6-3-5-20(16-21)32-18(2)36/h3-14,16H,15H2,1-2H3,(H2,29,30)(H,32,36)(H,33,37). The largest absolute Gasteiger partial charge is 0.383 e. The number of benzene rings is 2. The van der Waals surface area contributed by atoms with Gasteiger partial charge in [0.15, 0.2) is 11.5 Å². The molecule has 5 rings (SSSR count). The number of nitrogens with one attached hydrogen (secondary N) is 2. The van der Waals surface area contributed by atoms with E-state index in [9.17, 15) is 9.59 Å². The number of anilines is 3. The number of aromatic nitrogens is 4. The fourth-order valence-electron chi connectivity index (χ4n) is 4.12. The summed E-state index contributed by atoms with van der Waals surface area (Å²) >= 11 is 0. The average Bonchev–Trinajstić information content (AvgIpc) is 3.23. The maximum absolute atomic E-state index is 12.7. The molecule has 2 aromatic carbocycles. The molecule has 9 heteroatoms. The predicted octanol–water partition coefficient (Wildman–Crippen LogP) is 4.51. The lowest BCUT2D eigenvalue weighted by atomic mass is 10.1. The average molecular weight is 492 g/mol. The molecule has 184 valence electrons. The van der Waals surface area contributed by atoms with E-state index < -0.39 is 0 Å². The second-order valence-electron chi connectivity index (χ2n) is 8.66. The van der Waals surface area contributed by atoms with Crippen LogP contribution in [-0.4, -0.2) is 31.3 Å². The topological polar surface area (TPSA) is 128 Å². The van der Waals surface area contributed by atoms with Crippen LogP contribution in [0.4, 0.5) is 17.2 Å². The Morgan fingerprint density at radius 2 is 1.68 bits per heavy atom. The van der Waals surface area contributed by atoms with E-state index in [2.05, 4.69) is 15.6 Å². The van der Waals surface area contributed by atoms with E-state index in [1.807, 2.05) is 60.0 Å². The number of imidazole rings is 1. The number of nitrogen functional groups attached to an aromatic ring is 1. The second kappa shape index (κ2) is 9.90. The minimum Gasteiger partial charge on any atom is -0.383 e. The van der Waals surface area contributed by atoms with E-state index in [-0.39, 0.29) is 18.2 Å². The summed E-state index contributed by atoms with van der Waals surface area (Å²) in [4.78, 5) is 37.7. The molecule has 0 aliphatic carbocycles. The molecule has 3 heterocycles. The van der Waals surface area contributed by atoms with Crippen molar-refractivity contribution in [1.29, 1.82) is 0 Å². The molecule has 0 radical (unpaired) electrons. The highest BCUT2D eigenvalue weighted by atomic mass is 16.2. The lowest BCUT2D eigenvalue weighted by Gasteiger charge is -2.11. The van der Waals surface area contributed by atoms with E-state index in [0.717, 1.165) is 22.5 Å². The van der Waals surface area contributed by atoms with Gasteiger partial charge in [0.05, 0.1) is 12.0 Å². The van der Waals surface area contributed by atoms with Crippen LogP contribution in [0.1, 0.15) is 18.2 Å². The molecular weight excluding hydrogens is 466 g/mol. The number of hydrogen-bond acceptors (Lipinski definition) is 6. The number of carbonyl (C=O) groups excluding carboxylic acids is 2. The van der Waals surface area contributed by atoms with E-state index in [1.54, 1.807) is 30.5 Å². The zero-order chi connectivity index (χ0) is 25.9. The van der Waals surface area contributed by atoms with Gasteiger partial charge >= 0.3 is 0 Å². The number of rotatable bonds is 6. The fourth-order valence-corrected chi connectivity index (χ4v) is 4.12. The molecule has 0 fully saturated rings. The van der Waals surface area contributed by atoms with Crippen LogP contribution in [0.3, 0.4) is 0 Å². The van der Waals surface area contributed by atoms with Gasteiger partial charge in [-0.05, 0) is 67.1 Å². The second-order valence-corrected chi connectivity index (χ2v) is 8.66. The van der Waals surface area contributed by atoms with Crippen LogP contribution < -0.4 is 16.4 Å². The number of carbonyl (C=O) groups is 2. The summed E-state index contributed by atoms with van der Waals surface area (Å²) in [5.41, 5.74) is 12.1. The molecule has 0 saturated heterocycles. The molecule has 9 nitrogen and oxygen atoms in total. The maximum atomic E-state index is 12.7. The van der Waals surface area contributed by atoms with Crippen LogP contribution in [0, 0.1) is 6.92 Å². The van der Waals surface area contributed by atoms with Crippen molar-refractivity contribution < 1.29 is 9.59 Å². The fraction of sp³-hybridized carbons (Fsp3) is 0.107. The molecule has 0 spiro atoms. The highest BCUT2D eigenvalue weighted by Gasteiger charge is 2.18. The first-order valence-electron chi connectivity index (χ1n) is 11.7.